The molecule has 0 saturated heterocycles. The summed E-state index contributed by atoms with van der Waals surface area (Å²) in [6.45, 7) is 8.36. The van der Waals surface area contributed by atoms with Crippen LogP contribution in [0.4, 0.5) is 0 Å². The fourth-order valence-electron chi connectivity index (χ4n) is 2.99. The van der Waals surface area contributed by atoms with Gasteiger partial charge < -0.3 is 9.13 Å². The highest BCUT2D eigenvalue weighted by molar-refractivity contribution is 7.94. The molecular weight excluding hydrogens is 386 g/mol. The Hall–Kier alpha value is -0.140. The summed E-state index contributed by atoms with van der Waals surface area (Å²) in [4.78, 5) is 2.33. The van der Waals surface area contributed by atoms with E-state index in [9.17, 15) is 9.13 Å². The van der Waals surface area contributed by atoms with Gasteiger partial charge in [0.2, 0.25) is 0 Å². The Morgan fingerprint density at radius 2 is 1.24 bits per heavy atom. The molecule has 0 atom stereocenters. The molecule has 0 unspecified atom stereocenters. The number of hydrogen-bond acceptors (Lipinski definition) is 4. The summed E-state index contributed by atoms with van der Waals surface area (Å²) in [5.74, 6) is 0.375. The van der Waals surface area contributed by atoms with Crippen molar-refractivity contribution in [1.29, 1.82) is 0 Å². The Labute approximate surface area is 160 Å². The lowest BCUT2D eigenvalue weighted by Crippen LogP contribution is -2.15. The fraction of sp³-hybridized carbons (Fsp3) is 0.579. The molecule has 0 amide bonds. The van der Waals surface area contributed by atoms with Crippen molar-refractivity contribution in [3.05, 3.63) is 34.0 Å². The van der Waals surface area contributed by atoms with Crippen molar-refractivity contribution in [2.24, 2.45) is 0 Å². The standard InChI is InChI=1S/C19H30O2P2S2/c1-5-7-13-22(20,14-8-6-2)15-23(21,18-11-9-16(3)24-18)19-12-10-17(4)25-19/h9-12H,5-8,13-15H2,1-4H3. The lowest BCUT2D eigenvalue weighted by molar-refractivity contribution is 0.569. The van der Waals surface area contributed by atoms with Crippen LogP contribution >= 0.6 is 37.0 Å². The van der Waals surface area contributed by atoms with E-state index >= 15 is 0 Å². The molecule has 0 fully saturated rings. The molecule has 0 radical (unpaired) electrons. The minimum Gasteiger partial charge on any atom is -0.323 e. The first kappa shape index (κ1) is 21.2. The maximum atomic E-state index is 14.2. The van der Waals surface area contributed by atoms with Crippen LogP contribution < -0.4 is 9.24 Å². The first-order chi connectivity index (χ1) is 11.8. The molecule has 0 bridgehead atoms. The summed E-state index contributed by atoms with van der Waals surface area (Å²) in [7, 11) is -5.25. The SMILES string of the molecule is CCCCP(=O)(CCCC)CP(=O)(c1ccc(C)s1)c1ccc(C)s1. The summed E-state index contributed by atoms with van der Waals surface area (Å²) in [6, 6.07) is 8.08. The fourth-order valence-corrected chi connectivity index (χ4v) is 16.0. The molecule has 25 heavy (non-hydrogen) atoms. The molecular formula is C19H30O2P2S2. The average Bonchev–Trinajstić information content (AvgIpc) is 3.20. The van der Waals surface area contributed by atoms with Gasteiger partial charge in [0.05, 0.1) is 22.3 Å². The van der Waals surface area contributed by atoms with Gasteiger partial charge in [-0.3, -0.25) is 0 Å². The van der Waals surface area contributed by atoms with Crippen LogP contribution in [-0.4, -0.2) is 18.2 Å². The number of rotatable bonds is 10. The van der Waals surface area contributed by atoms with E-state index in [1.807, 2.05) is 38.1 Å². The van der Waals surface area contributed by atoms with Crippen LogP contribution in [0.25, 0.3) is 0 Å². The summed E-state index contributed by atoms with van der Waals surface area (Å²) in [5.41, 5.74) is 0. The summed E-state index contributed by atoms with van der Waals surface area (Å²) in [6.07, 6.45) is 5.49. The predicted molar refractivity (Wildman–Crippen MR) is 117 cm³/mol. The Bertz CT molecular complexity index is 720. The van der Waals surface area contributed by atoms with Gasteiger partial charge in [-0.1, -0.05) is 26.7 Å². The largest absolute Gasteiger partial charge is 0.323 e. The molecule has 140 valence electrons. The third-order valence-electron chi connectivity index (χ3n) is 4.46. The molecule has 0 N–H and O–H groups in total. The second kappa shape index (κ2) is 9.18. The van der Waals surface area contributed by atoms with Gasteiger partial charge in [0.1, 0.15) is 0 Å². The van der Waals surface area contributed by atoms with E-state index in [0.717, 1.165) is 47.2 Å². The summed E-state index contributed by atoms with van der Waals surface area (Å²) < 4.78 is 29.8. The molecule has 0 saturated carbocycles. The van der Waals surface area contributed by atoms with E-state index in [1.54, 1.807) is 22.7 Å². The summed E-state index contributed by atoms with van der Waals surface area (Å²) >= 11 is 3.22. The maximum absolute atomic E-state index is 14.2. The van der Waals surface area contributed by atoms with Crippen LogP contribution in [0.2, 0.25) is 0 Å². The van der Waals surface area contributed by atoms with Gasteiger partial charge in [-0.25, -0.2) is 0 Å². The molecule has 2 rings (SSSR count). The zero-order valence-electron chi connectivity index (χ0n) is 15.8. The van der Waals surface area contributed by atoms with Gasteiger partial charge in [0.15, 0.2) is 7.14 Å². The van der Waals surface area contributed by atoms with E-state index < -0.39 is 14.3 Å². The van der Waals surface area contributed by atoms with Crippen LogP contribution in [0.3, 0.4) is 0 Å². The van der Waals surface area contributed by atoms with Gasteiger partial charge in [0, 0.05) is 22.1 Å². The monoisotopic (exact) mass is 416 g/mol. The highest BCUT2D eigenvalue weighted by atomic mass is 32.1. The minimum absolute atomic E-state index is 0.375. The Morgan fingerprint density at radius 1 is 0.800 bits per heavy atom. The normalized spacial score (nSPS) is 12.6. The molecule has 0 aliphatic rings. The lowest BCUT2D eigenvalue weighted by atomic mass is 10.4. The van der Waals surface area contributed by atoms with Crippen molar-refractivity contribution in [1.82, 2.24) is 0 Å². The zero-order chi connectivity index (χ0) is 18.5. The number of aryl methyl sites for hydroxylation is 2. The third-order valence-corrected chi connectivity index (χ3v) is 16.0. The topological polar surface area (TPSA) is 34.1 Å². The number of hydrogen-bond donors (Lipinski definition) is 0. The molecule has 0 spiro atoms. The predicted octanol–water partition coefficient (Wildman–Crippen LogP) is 6.66. The van der Waals surface area contributed by atoms with E-state index in [0.29, 0.717) is 5.90 Å². The highest BCUT2D eigenvalue weighted by Gasteiger charge is 2.38. The molecule has 2 nitrogen and oxygen atoms in total. The Morgan fingerprint density at radius 3 is 1.56 bits per heavy atom. The third kappa shape index (κ3) is 5.42. The van der Waals surface area contributed by atoms with Gasteiger partial charge in [0.25, 0.3) is 0 Å². The molecule has 2 heterocycles. The molecule has 0 aliphatic heterocycles. The van der Waals surface area contributed by atoms with Crippen LogP contribution in [0.15, 0.2) is 24.3 Å². The van der Waals surface area contributed by atoms with E-state index in [4.69, 9.17) is 0 Å². The molecule has 2 aromatic rings. The van der Waals surface area contributed by atoms with E-state index in [1.165, 1.54) is 9.75 Å². The van der Waals surface area contributed by atoms with Crippen molar-refractivity contribution >= 4 is 46.2 Å². The van der Waals surface area contributed by atoms with E-state index in [-0.39, 0.29) is 0 Å². The Kier molecular flexibility index (Phi) is 7.77. The van der Waals surface area contributed by atoms with Crippen LogP contribution in [0.5, 0.6) is 0 Å². The molecule has 0 aromatic carbocycles. The average molecular weight is 417 g/mol. The van der Waals surface area contributed by atoms with Crippen molar-refractivity contribution < 1.29 is 9.13 Å². The van der Waals surface area contributed by atoms with Crippen LogP contribution in [0, 0.1) is 13.8 Å². The highest BCUT2D eigenvalue weighted by Crippen LogP contribution is 2.62. The van der Waals surface area contributed by atoms with Gasteiger partial charge >= 0.3 is 0 Å². The quantitative estimate of drug-likeness (QED) is 0.406. The molecule has 6 heteroatoms. The van der Waals surface area contributed by atoms with Gasteiger partial charge in [-0.05, 0) is 51.0 Å². The first-order valence-electron chi connectivity index (χ1n) is 9.13. The van der Waals surface area contributed by atoms with Crippen molar-refractivity contribution in [3.8, 4) is 0 Å². The van der Waals surface area contributed by atoms with Crippen molar-refractivity contribution in [2.75, 3.05) is 18.2 Å². The van der Waals surface area contributed by atoms with Crippen molar-refractivity contribution in [2.45, 2.75) is 53.4 Å². The number of unbranched alkanes of at least 4 members (excludes halogenated alkanes) is 2. The second-order valence-electron chi connectivity index (χ2n) is 6.86. The second-order valence-corrected chi connectivity index (χ2v) is 16.6. The molecule has 2 aromatic heterocycles. The Balaban J connectivity index is 2.44. The summed E-state index contributed by atoms with van der Waals surface area (Å²) in [5, 5.41) is 0. The van der Waals surface area contributed by atoms with Gasteiger partial charge in [-0.15, -0.1) is 22.7 Å². The lowest BCUT2D eigenvalue weighted by Gasteiger charge is -2.24. The van der Waals surface area contributed by atoms with Crippen molar-refractivity contribution in [3.63, 3.8) is 0 Å². The molecule has 0 aliphatic carbocycles. The van der Waals surface area contributed by atoms with E-state index in [2.05, 4.69) is 13.8 Å². The minimum atomic E-state index is -2.81. The van der Waals surface area contributed by atoms with Crippen LogP contribution in [-0.2, 0) is 9.13 Å². The number of thiophene rings is 2. The zero-order valence-corrected chi connectivity index (χ0v) is 19.2. The smallest absolute Gasteiger partial charge is 0.169 e. The van der Waals surface area contributed by atoms with Crippen LogP contribution in [0.1, 0.15) is 49.3 Å². The van der Waals surface area contributed by atoms with Gasteiger partial charge in [-0.2, -0.15) is 0 Å². The first-order valence-corrected chi connectivity index (χ1v) is 14.9. The maximum Gasteiger partial charge on any atom is 0.169 e.